The molecule has 0 radical (unpaired) electrons. The Morgan fingerprint density at radius 1 is 1.03 bits per heavy atom. The first-order valence-corrected chi connectivity index (χ1v) is 13.9. The van der Waals surface area contributed by atoms with E-state index < -0.39 is 16.1 Å². The van der Waals surface area contributed by atoms with Crippen molar-refractivity contribution in [1.82, 2.24) is 14.2 Å². The normalized spacial score (nSPS) is 19.6. The van der Waals surface area contributed by atoms with Crippen LogP contribution < -0.4 is 4.74 Å². The fourth-order valence-electron chi connectivity index (χ4n) is 6.08. The number of hydrogen-bond donors (Lipinski definition) is 2. The molecule has 2 aliphatic rings. The molecule has 2 N–H and O–H groups in total. The highest BCUT2D eigenvalue weighted by Gasteiger charge is 2.55. The summed E-state index contributed by atoms with van der Waals surface area (Å²) in [6.07, 6.45) is 0. The predicted octanol–water partition coefficient (Wildman–Crippen LogP) is 3.98. The van der Waals surface area contributed by atoms with Crippen LogP contribution in [-0.2, 0) is 22.0 Å². The van der Waals surface area contributed by atoms with Crippen molar-refractivity contribution in [3.05, 3.63) is 95.2 Å². The Kier molecular flexibility index (Phi) is 5.88. The molecule has 2 aliphatic heterocycles. The summed E-state index contributed by atoms with van der Waals surface area (Å²) < 4.78 is 34.9. The maximum absolute atomic E-state index is 14.0. The number of nitrogens with one attached hydrogen (secondary N) is 1. The van der Waals surface area contributed by atoms with Gasteiger partial charge in [0.15, 0.2) is 0 Å². The van der Waals surface area contributed by atoms with E-state index in [1.165, 1.54) is 9.87 Å². The molecular formula is C29H31N3O4S. The van der Waals surface area contributed by atoms with Crippen LogP contribution in [0.3, 0.4) is 0 Å². The SMILES string of the molecule is COc1ccc2c3c([nH]c2c1)[C@H](CO)N(S(=O)(=O)c1ccc(C)cc1)CC31CN(Cc2ccccc2)C1. The summed E-state index contributed by atoms with van der Waals surface area (Å²) in [4.78, 5) is 6.08. The van der Waals surface area contributed by atoms with Crippen LogP contribution in [-0.4, -0.2) is 61.1 Å². The molecule has 7 nitrogen and oxygen atoms in total. The lowest BCUT2D eigenvalue weighted by molar-refractivity contribution is 0.0199. The molecule has 37 heavy (non-hydrogen) atoms. The highest BCUT2D eigenvalue weighted by Crippen LogP contribution is 2.50. The predicted molar refractivity (Wildman–Crippen MR) is 143 cm³/mol. The lowest BCUT2D eigenvalue weighted by Gasteiger charge is -2.55. The second-order valence-corrected chi connectivity index (χ2v) is 12.2. The van der Waals surface area contributed by atoms with Crippen LogP contribution in [0.15, 0.2) is 77.7 Å². The molecule has 1 fully saturated rings. The standard InChI is InChI=1S/C29H31N3O4S/c1-20-8-11-23(12-9-20)37(34,35)32-19-29(17-31(18-29)15-21-6-4-3-5-7-21)27-24-13-10-22(36-2)14-25(24)30-28(27)26(32)16-33/h3-14,26,30,33H,15-19H2,1-2H3/t26-/m0/s1. The quantitative estimate of drug-likeness (QED) is 0.404. The highest BCUT2D eigenvalue weighted by molar-refractivity contribution is 7.89. The third-order valence-corrected chi connectivity index (χ3v) is 9.68. The third-order valence-electron chi connectivity index (χ3n) is 7.81. The first kappa shape index (κ1) is 24.2. The summed E-state index contributed by atoms with van der Waals surface area (Å²) in [5.41, 5.74) is 4.61. The first-order chi connectivity index (χ1) is 17.8. The summed E-state index contributed by atoms with van der Waals surface area (Å²) in [6.45, 7) is 4.20. The second kappa shape index (κ2) is 8.99. The number of aliphatic hydroxyl groups is 1. The Labute approximate surface area is 217 Å². The second-order valence-electron chi connectivity index (χ2n) is 10.3. The van der Waals surface area contributed by atoms with E-state index in [2.05, 4.69) is 22.0 Å². The number of fused-ring (bicyclic) bond motifs is 4. The van der Waals surface area contributed by atoms with Crippen molar-refractivity contribution in [2.45, 2.75) is 29.8 Å². The lowest BCUT2D eigenvalue weighted by Crippen LogP contribution is -2.66. The van der Waals surface area contributed by atoms with E-state index in [9.17, 15) is 13.5 Å². The zero-order chi connectivity index (χ0) is 25.8. The Bertz CT molecular complexity index is 1540. The molecule has 192 valence electrons. The van der Waals surface area contributed by atoms with Crippen LogP contribution in [0.4, 0.5) is 0 Å². The molecule has 8 heteroatoms. The highest BCUT2D eigenvalue weighted by atomic mass is 32.2. The van der Waals surface area contributed by atoms with Crippen molar-refractivity contribution in [2.24, 2.45) is 0 Å². The number of benzene rings is 3. The van der Waals surface area contributed by atoms with E-state index >= 15 is 0 Å². The van der Waals surface area contributed by atoms with Gasteiger partial charge in [0.1, 0.15) is 5.75 Å². The number of aromatic amines is 1. The number of likely N-dealkylation sites (tertiary alicyclic amines) is 1. The van der Waals surface area contributed by atoms with E-state index in [-0.39, 0.29) is 16.9 Å². The average molecular weight is 518 g/mol. The van der Waals surface area contributed by atoms with Gasteiger partial charge in [0.25, 0.3) is 0 Å². The minimum absolute atomic E-state index is 0.244. The maximum Gasteiger partial charge on any atom is 0.243 e. The monoisotopic (exact) mass is 517 g/mol. The van der Waals surface area contributed by atoms with Crippen molar-refractivity contribution in [3.8, 4) is 5.75 Å². The van der Waals surface area contributed by atoms with Gasteiger partial charge in [-0.25, -0.2) is 8.42 Å². The van der Waals surface area contributed by atoms with Crippen molar-refractivity contribution in [1.29, 1.82) is 0 Å². The van der Waals surface area contributed by atoms with Gasteiger partial charge in [-0.05, 0) is 42.3 Å². The van der Waals surface area contributed by atoms with Gasteiger partial charge in [0.2, 0.25) is 10.0 Å². The van der Waals surface area contributed by atoms with Gasteiger partial charge >= 0.3 is 0 Å². The zero-order valence-electron chi connectivity index (χ0n) is 21.0. The molecule has 3 heterocycles. The van der Waals surface area contributed by atoms with Gasteiger partial charge in [0.05, 0.1) is 24.7 Å². The molecule has 1 saturated heterocycles. The first-order valence-electron chi connectivity index (χ1n) is 12.5. The number of hydrogen-bond acceptors (Lipinski definition) is 5. The Hall–Kier alpha value is -3.17. The van der Waals surface area contributed by atoms with Gasteiger partial charge in [0, 0.05) is 54.3 Å². The fraction of sp³-hybridized carbons (Fsp3) is 0.310. The van der Waals surface area contributed by atoms with E-state index in [0.29, 0.717) is 6.54 Å². The van der Waals surface area contributed by atoms with E-state index in [0.717, 1.165) is 53.1 Å². The van der Waals surface area contributed by atoms with Crippen LogP contribution in [0.25, 0.3) is 10.9 Å². The number of methoxy groups -OCH3 is 1. The van der Waals surface area contributed by atoms with Crippen molar-refractivity contribution < 1.29 is 18.3 Å². The van der Waals surface area contributed by atoms with Gasteiger partial charge < -0.3 is 14.8 Å². The molecule has 3 aromatic carbocycles. The van der Waals surface area contributed by atoms with E-state index in [4.69, 9.17) is 4.74 Å². The number of H-pyrrole nitrogens is 1. The molecule has 4 aromatic rings. The summed E-state index contributed by atoms with van der Waals surface area (Å²) in [5.74, 6) is 0.726. The van der Waals surface area contributed by atoms with Gasteiger partial charge in [-0.2, -0.15) is 4.31 Å². The van der Waals surface area contributed by atoms with Gasteiger partial charge in [-0.1, -0.05) is 48.0 Å². The molecule has 0 aliphatic carbocycles. The van der Waals surface area contributed by atoms with Crippen molar-refractivity contribution in [3.63, 3.8) is 0 Å². The molecular weight excluding hydrogens is 486 g/mol. The van der Waals surface area contributed by atoms with Gasteiger partial charge in [-0.15, -0.1) is 0 Å². The molecule has 0 unspecified atom stereocenters. The zero-order valence-corrected chi connectivity index (χ0v) is 21.8. The molecule has 0 saturated carbocycles. The van der Waals surface area contributed by atoms with Crippen molar-refractivity contribution >= 4 is 20.9 Å². The number of aryl methyl sites for hydroxylation is 1. The van der Waals surface area contributed by atoms with Gasteiger partial charge in [-0.3, -0.25) is 4.90 Å². The summed E-state index contributed by atoms with van der Waals surface area (Å²) in [5, 5.41) is 11.6. The van der Waals surface area contributed by atoms with E-state index in [1.807, 2.05) is 55.5 Å². The van der Waals surface area contributed by atoms with Crippen LogP contribution in [0.2, 0.25) is 0 Å². The number of sulfonamides is 1. The third kappa shape index (κ3) is 3.95. The smallest absolute Gasteiger partial charge is 0.243 e. The molecule has 0 bridgehead atoms. The number of rotatable bonds is 6. The van der Waals surface area contributed by atoms with Crippen LogP contribution in [0.1, 0.15) is 28.4 Å². The van der Waals surface area contributed by atoms with Crippen molar-refractivity contribution in [2.75, 3.05) is 33.4 Å². The van der Waals surface area contributed by atoms with Crippen LogP contribution in [0, 0.1) is 6.92 Å². The topological polar surface area (TPSA) is 85.9 Å². The average Bonchev–Trinajstić information content (AvgIpc) is 3.27. The van der Waals surface area contributed by atoms with Crippen LogP contribution >= 0.6 is 0 Å². The number of aromatic nitrogens is 1. The summed E-state index contributed by atoms with van der Waals surface area (Å²) in [7, 11) is -2.22. The number of ether oxygens (including phenoxy) is 1. The van der Waals surface area contributed by atoms with Crippen LogP contribution in [0.5, 0.6) is 5.75 Å². The Morgan fingerprint density at radius 3 is 2.43 bits per heavy atom. The molecule has 6 rings (SSSR count). The minimum atomic E-state index is -3.85. The minimum Gasteiger partial charge on any atom is -0.497 e. The Balaban J connectivity index is 1.45. The maximum atomic E-state index is 14.0. The largest absolute Gasteiger partial charge is 0.497 e. The molecule has 1 spiro atoms. The number of aliphatic hydroxyl groups excluding tert-OH is 1. The molecule has 0 amide bonds. The molecule has 1 aromatic heterocycles. The summed E-state index contributed by atoms with van der Waals surface area (Å²) >= 11 is 0. The Morgan fingerprint density at radius 2 is 1.76 bits per heavy atom. The molecule has 1 atom stereocenters. The summed E-state index contributed by atoms with van der Waals surface area (Å²) in [6, 6.07) is 22.5. The fourth-order valence-corrected chi connectivity index (χ4v) is 7.75. The number of nitrogens with zero attached hydrogens (tertiary/aromatic N) is 2. The van der Waals surface area contributed by atoms with E-state index in [1.54, 1.807) is 19.2 Å². The lowest BCUT2D eigenvalue weighted by atomic mass is 9.69.